The van der Waals surface area contributed by atoms with Crippen LogP contribution in [-0.2, 0) is 6.54 Å². The number of nitrogens with one attached hydrogen (secondary N) is 1. The van der Waals surface area contributed by atoms with Crippen LogP contribution in [0.2, 0.25) is 0 Å². The molecule has 0 amide bonds. The van der Waals surface area contributed by atoms with E-state index in [-0.39, 0.29) is 11.4 Å². The van der Waals surface area contributed by atoms with Crippen molar-refractivity contribution in [2.45, 2.75) is 32.9 Å². The van der Waals surface area contributed by atoms with Gasteiger partial charge >= 0.3 is 0 Å². The minimum absolute atomic E-state index is 0.0182. The number of rotatable bonds is 3. The predicted molar refractivity (Wildman–Crippen MR) is 76.2 cm³/mol. The van der Waals surface area contributed by atoms with Crippen LogP contribution in [0.15, 0.2) is 33.3 Å². The Kier molecular flexibility index (Phi) is 4.06. The van der Waals surface area contributed by atoms with Gasteiger partial charge in [-0.1, -0.05) is 6.07 Å². The van der Waals surface area contributed by atoms with E-state index in [0.29, 0.717) is 28.2 Å². The third-order valence-electron chi connectivity index (χ3n) is 2.54. The SMILES string of the molecule is CC(C)(C)NCc1ncc(-c2cccc(Br)c2F)o1. The zero-order valence-electron chi connectivity index (χ0n) is 11.1. The van der Waals surface area contributed by atoms with Gasteiger partial charge < -0.3 is 9.73 Å². The average Bonchev–Trinajstić information content (AvgIpc) is 2.78. The minimum Gasteiger partial charge on any atom is -0.439 e. The molecule has 5 heteroatoms. The molecule has 0 atom stereocenters. The summed E-state index contributed by atoms with van der Waals surface area (Å²) in [6.45, 7) is 6.69. The highest BCUT2D eigenvalue weighted by atomic mass is 79.9. The third kappa shape index (κ3) is 3.64. The van der Waals surface area contributed by atoms with Gasteiger partial charge in [0.15, 0.2) is 5.76 Å². The molecule has 19 heavy (non-hydrogen) atoms. The number of aromatic nitrogens is 1. The highest BCUT2D eigenvalue weighted by Crippen LogP contribution is 2.28. The fourth-order valence-electron chi connectivity index (χ4n) is 1.55. The van der Waals surface area contributed by atoms with Crippen LogP contribution in [0, 0.1) is 5.82 Å². The number of nitrogens with zero attached hydrogens (tertiary/aromatic N) is 1. The van der Waals surface area contributed by atoms with Crippen molar-refractivity contribution in [3.05, 3.63) is 40.6 Å². The normalized spacial score (nSPS) is 11.8. The molecule has 0 aliphatic rings. The maximum absolute atomic E-state index is 13.9. The van der Waals surface area contributed by atoms with Crippen molar-refractivity contribution in [1.29, 1.82) is 0 Å². The maximum atomic E-state index is 13.9. The number of hydrogen-bond acceptors (Lipinski definition) is 3. The first-order valence-corrected chi connectivity index (χ1v) is 6.80. The number of halogens is 2. The molecule has 0 spiro atoms. The van der Waals surface area contributed by atoms with E-state index in [2.05, 4.69) is 47.0 Å². The fraction of sp³-hybridized carbons (Fsp3) is 0.357. The smallest absolute Gasteiger partial charge is 0.208 e. The summed E-state index contributed by atoms with van der Waals surface area (Å²) in [6.07, 6.45) is 1.55. The van der Waals surface area contributed by atoms with Gasteiger partial charge in [-0.05, 0) is 48.8 Å². The van der Waals surface area contributed by atoms with Crippen LogP contribution in [0.4, 0.5) is 4.39 Å². The van der Waals surface area contributed by atoms with Crippen molar-refractivity contribution in [2.24, 2.45) is 0 Å². The van der Waals surface area contributed by atoms with Gasteiger partial charge in [0.1, 0.15) is 5.82 Å². The van der Waals surface area contributed by atoms with Crippen LogP contribution in [0.5, 0.6) is 0 Å². The Morgan fingerprint density at radius 1 is 1.37 bits per heavy atom. The monoisotopic (exact) mass is 326 g/mol. The van der Waals surface area contributed by atoms with Gasteiger partial charge in [-0.15, -0.1) is 0 Å². The molecule has 1 heterocycles. The summed E-state index contributed by atoms with van der Waals surface area (Å²) in [7, 11) is 0. The van der Waals surface area contributed by atoms with Gasteiger partial charge in [-0.25, -0.2) is 9.37 Å². The molecule has 0 aliphatic carbocycles. The summed E-state index contributed by atoms with van der Waals surface area (Å²) in [5.41, 5.74) is 0.388. The highest BCUT2D eigenvalue weighted by molar-refractivity contribution is 9.10. The molecule has 1 aromatic carbocycles. The van der Waals surface area contributed by atoms with Crippen LogP contribution in [-0.4, -0.2) is 10.5 Å². The van der Waals surface area contributed by atoms with Crippen LogP contribution in [0.3, 0.4) is 0 Å². The standard InChI is InChI=1S/C14H16BrFN2O/c1-14(2,3)18-8-12-17-7-11(19-12)9-5-4-6-10(15)13(9)16/h4-7,18H,8H2,1-3H3. The molecule has 0 aliphatic heterocycles. The minimum atomic E-state index is -0.339. The second kappa shape index (κ2) is 5.43. The summed E-state index contributed by atoms with van der Waals surface area (Å²) in [4.78, 5) is 4.16. The molecule has 0 fully saturated rings. The lowest BCUT2D eigenvalue weighted by Crippen LogP contribution is -2.35. The Morgan fingerprint density at radius 3 is 2.79 bits per heavy atom. The number of hydrogen-bond donors (Lipinski definition) is 1. The largest absolute Gasteiger partial charge is 0.439 e. The quantitative estimate of drug-likeness (QED) is 0.921. The molecule has 102 valence electrons. The van der Waals surface area contributed by atoms with Gasteiger partial charge in [0.05, 0.1) is 22.8 Å². The number of benzene rings is 1. The topological polar surface area (TPSA) is 38.1 Å². The van der Waals surface area contributed by atoms with Gasteiger partial charge in [-0.2, -0.15) is 0 Å². The molecule has 2 rings (SSSR count). The maximum Gasteiger partial charge on any atom is 0.208 e. The van der Waals surface area contributed by atoms with Crippen LogP contribution in [0.25, 0.3) is 11.3 Å². The Labute approximate surface area is 120 Å². The van der Waals surface area contributed by atoms with Crippen LogP contribution in [0.1, 0.15) is 26.7 Å². The van der Waals surface area contributed by atoms with Crippen molar-refractivity contribution < 1.29 is 8.81 Å². The lowest BCUT2D eigenvalue weighted by Gasteiger charge is -2.18. The summed E-state index contributed by atoms with van der Waals surface area (Å²) in [5.74, 6) is 0.641. The summed E-state index contributed by atoms with van der Waals surface area (Å²) in [6, 6.07) is 5.08. The van der Waals surface area contributed by atoms with Crippen molar-refractivity contribution in [3.8, 4) is 11.3 Å². The fourth-order valence-corrected chi connectivity index (χ4v) is 1.92. The Balaban J connectivity index is 2.19. The van der Waals surface area contributed by atoms with E-state index < -0.39 is 0 Å². The molecule has 0 saturated heterocycles. The second-order valence-electron chi connectivity index (χ2n) is 5.32. The van der Waals surface area contributed by atoms with E-state index in [0.717, 1.165) is 0 Å². The lowest BCUT2D eigenvalue weighted by atomic mass is 10.1. The molecular formula is C14H16BrFN2O. The zero-order chi connectivity index (χ0) is 14.0. The highest BCUT2D eigenvalue weighted by Gasteiger charge is 2.14. The summed E-state index contributed by atoms with van der Waals surface area (Å²) in [5, 5.41) is 3.27. The molecule has 0 bridgehead atoms. The second-order valence-corrected chi connectivity index (χ2v) is 6.18. The van der Waals surface area contributed by atoms with Gasteiger partial charge in [0.2, 0.25) is 5.89 Å². The molecule has 1 N–H and O–H groups in total. The van der Waals surface area contributed by atoms with Crippen molar-refractivity contribution in [3.63, 3.8) is 0 Å². The third-order valence-corrected chi connectivity index (χ3v) is 3.15. The Hall–Kier alpha value is -1.20. The van der Waals surface area contributed by atoms with Crippen molar-refractivity contribution >= 4 is 15.9 Å². The first kappa shape index (κ1) is 14.2. The molecule has 0 radical (unpaired) electrons. The predicted octanol–water partition coefficient (Wildman–Crippen LogP) is 4.13. The molecule has 1 aromatic heterocycles. The van der Waals surface area contributed by atoms with Gasteiger partial charge in [0.25, 0.3) is 0 Å². The molecule has 0 unspecified atom stereocenters. The molecular weight excluding hydrogens is 311 g/mol. The molecule has 3 nitrogen and oxygen atoms in total. The first-order chi connectivity index (χ1) is 8.87. The first-order valence-electron chi connectivity index (χ1n) is 6.01. The Morgan fingerprint density at radius 2 is 2.11 bits per heavy atom. The van der Waals surface area contributed by atoms with E-state index in [1.807, 2.05) is 0 Å². The van der Waals surface area contributed by atoms with Crippen molar-refractivity contribution in [2.75, 3.05) is 0 Å². The average molecular weight is 327 g/mol. The van der Waals surface area contributed by atoms with E-state index in [9.17, 15) is 4.39 Å². The molecule has 2 aromatic rings. The van der Waals surface area contributed by atoms with Gasteiger partial charge in [-0.3, -0.25) is 0 Å². The summed E-state index contributed by atoms with van der Waals surface area (Å²) >= 11 is 3.16. The number of oxazole rings is 1. The zero-order valence-corrected chi connectivity index (χ0v) is 12.7. The van der Waals surface area contributed by atoms with Crippen LogP contribution >= 0.6 is 15.9 Å². The van der Waals surface area contributed by atoms with E-state index in [1.54, 1.807) is 24.4 Å². The lowest BCUT2D eigenvalue weighted by molar-refractivity contribution is 0.383. The summed E-state index contributed by atoms with van der Waals surface area (Å²) < 4.78 is 19.9. The van der Waals surface area contributed by atoms with E-state index in [4.69, 9.17) is 4.42 Å². The van der Waals surface area contributed by atoms with Gasteiger partial charge in [0, 0.05) is 5.54 Å². The molecule has 0 saturated carbocycles. The van der Waals surface area contributed by atoms with Crippen molar-refractivity contribution in [1.82, 2.24) is 10.3 Å². The van der Waals surface area contributed by atoms with E-state index >= 15 is 0 Å². The van der Waals surface area contributed by atoms with Crippen LogP contribution < -0.4 is 5.32 Å². The van der Waals surface area contributed by atoms with E-state index in [1.165, 1.54) is 0 Å². The Bertz CT molecular complexity index is 575.